The van der Waals surface area contributed by atoms with Gasteiger partial charge in [-0.05, 0) is 0 Å². The molecular weight excluding hydrogens is 376 g/mol. The Kier molecular flexibility index (Phi) is 244. The summed E-state index contributed by atoms with van der Waals surface area (Å²) in [5, 5.41) is 0. The molecule has 0 N–H and O–H groups in total. The molecule has 0 aliphatic heterocycles. The van der Waals surface area contributed by atoms with Crippen molar-refractivity contribution in [3.8, 4) is 0 Å². The SMILES string of the molecule is [Bi].[H-].[H-].[O-2].[O-2].[Sr+2].[Ti+4]. The average Bonchev–Trinajstić information content (AvgIpc) is 0. The largest absolute Gasteiger partial charge is 4.00 e. The number of rotatable bonds is 0. The standard InChI is InChI=1S/Bi.2O.Sr.Ti.2H/q;2*-2;+2;+4;2*-1. The summed E-state index contributed by atoms with van der Waals surface area (Å²) in [6, 6.07) is 0. The first-order valence-electron chi connectivity index (χ1n) is 0. The van der Waals surface area contributed by atoms with Crippen molar-refractivity contribution < 1.29 is 35.5 Å². The minimum atomic E-state index is 0. The summed E-state index contributed by atoms with van der Waals surface area (Å²) in [7, 11) is 0. The second-order valence-electron chi connectivity index (χ2n) is 0. The van der Waals surface area contributed by atoms with E-state index in [-0.39, 0.29) is 107 Å². The molecule has 0 bridgehead atoms. The van der Waals surface area contributed by atoms with Crippen molar-refractivity contribution in [2.24, 2.45) is 0 Å². The van der Waals surface area contributed by atoms with Gasteiger partial charge in [0.25, 0.3) is 0 Å². The van der Waals surface area contributed by atoms with Crippen LogP contribution in [0.5, 0.6) is 0 Å². The van der Waals surface area contributed by atoms with Crippen LogP contribution >= 0.6 is 0 Å². The Labute approximate surface area is 105 Å². The van der Waals surface area contributed by atoms with Gasteiger partial charge >= 0.3 is 67.2 Å². The molecule has 5 heteroatoms. The summed E-state index contributed by atoms with van der Waals surface area (Å²) in [6.45, 7) is 0. The van der Waals surface area contributed by atoms with Gasteiger partial charge in [0.15, 0.2) is 0 Å². The van der Waals surface area contributed by atoms with Crippen LogP contribution in [0.3, 0.4) is 0 Å². The Bertz CT molecular complexity index is 15.7. The summed E-state index contributed by atoms with van der Waals surface area (Å²) in [6.07, 6.45) is 0. The van der Waals surface area contributed by atoms with E-state index in [1.165, 1.54) is 0 Å². The van der Waals surface area contributed by atoms with Crippen molar-refractivity contribution in [3.63, 3.8) is 0 Å². The Morgan fingerprint density at radius 2 is 1.00 bits per heavy atom. The molecule has 0 atom stereocenters. The average molecular weight is 378 g/mol. The zero-order chi connectivity index (χ0) is 0. The van der Waals surface area contributed by atoms with E-state index < -0.39 is 0 Å². The van der Waals surface area contributed by atoms with E-state index >= 15 is 0 Å². The molecule has 0 amide bonds. The first-order chi connectivity index (χ1) is 0. The molecule has 0 aliphatic carbocycles. The van der Waals surface area contributed by atoms with Gasteiger partial charge in [-0.2, -0.15) is 0 Å². The van der Waals surface area contributed by atoms with Crippen LogP contribution in [-0.2, 0) is 32.7 Å². The van der Waals surface area contributed by atoms with Crippen LogP contribution in [0.15, 0.2) is 0 Å². The van der Waals surface area contributed by atoms with Gasteiger partial charge in [0, 0.05) is 26.2 Å². The molecule has 0 saturated carbocycles. The summed E-state index contributed by atoms with van der Waals surface area (Å²) in [5.41, 5.74) is 0. The fraction of sp³-hybridized carbons (Fsp3) is 0. The molecule has 0 saturated heterocycles. The zero-order valence-corrected chi connectivity index (χ0v) is 11.0. The molecule has 0 aromatic heterocycles. The van der Waals surface area contributed by atoms with Gasteiger partial charge in [0.2, 0.25) is 0 Å². The second kappa shape index (κ2) is 28.0. The van der Waals surface area contributed by atoms with Gasteiger partial charge in [0.1, 0.15) is 0 Å². The van der Waals surface area contributed by atoms with Gasteiger partial charge in [-0.1, -0.05) is 0 Å². The molecule has 0 heterocycles. The van der Waals surface area contributed by atoms with Gasteiger partial charge in [-0.25, -0.2) is 0 Å². The summed E-state index contributed by atoms with van der Waals surface area (Å²) < 4.78 is 0. The third kappa shape index (κ3) is 19.4. The van der Waals surface area contributed by atoms with E-state index in [0.29, 0.717) is 0 Å². The maximum Gasteiger partial charge on any atom is 4.00 e. The van der Waals surface area contributed by atoms with E-state index in [1.807, 2.05) is 0 Å². The fourth-order valence-electron chi connectivity index (χ4n) is 0. The first kappa shape index (κ1) is 43.6. The van der Waals surface area contributed by atoms with Crippen LogP contribution in [0.1, 0.15) is 2.85 Å². The number of hydrogen-bond acceptors (Lipinski definition) is 0. The topological polar surface area (TPSA) is 57.0 Å². The van der Waals surface area contributed by atoms with Crippen molar-refractivity contribution in [1.29, 1.82) is 0 Å². The Hall–Kier alpha value is 3.00. The van der Waals surface area contributed by atoms with Gasteiger partial charge in [-0.3, -0.25) is 0 Å². The van der Waals surface area contributed by atoms with Crippen molar-refractivity contribution in [2.75, 3.05) is 0 Å². The summed E-state index contributed by atoms with van der Waals surface area (Å²) in [4.78, 5) is 0. The predicted molar refractivity (Wildman–Crippen MR) is 15.1 cm³/mol. The van der Waals surface area contributed by atoms with E-state index in [0.717, 1.165) is 0 Å². The summed E-state index contributed by atoms with van der Waals surface area (Å²) >= 11 is 0. The molecule has 0 spiro atoms. The molecular formula is H2BiO2SrTi. The third-order valence-corrected chi connectivity index (χ3v) is 0. The van der Waals surface area contributed by atoms with Crippen LogP contribution in [0.4, 0.5) is 0 Å². The fourth-order valence-corrected chi connectivity index (χ4v) is 0. The maximum absolute atomic E-state index is 0. The minimum absolute atomic E-state index is 0. The third-order valence-electron chi connectivity index (χ3n) is 0. The van der Waals surface area contributed by atoms with Crippen LogP contribution in [-0.4, -0.2) is 71.7 Å². The van der Waals surface area contributed by atoms with Gasteiger partial charge < -0.3 is 13.8 Å². The molecule has 0 fully saturated rings. The van der Waals surface area contributed by atoms with E-state index in [2.05, 4.69) is 0 Å². The second-order valence-corrected chi connectivity index (χ2v) is 0. The molecule has 2 nitrogen and oxygen atoms in total. The molecule has 0 unspecified atom stereocenters. The molecule has 0 aliphatic rings. The maximum atomic E-state index is 0. The number of hydrogen-bond donors (Lipinski definition) is 0. The Morgan fingerprint density at radius 1 is 1.00 bits per heavy atom. The minimum Gasteiger partial charge on any atom is -2.00 e. The predicted octanol–water partition coefficient (Wildman–Crippen LogP) is -0.777. The first-order valence-corrected chi connectivity index (χ1v) is 0. The quantitative estimate of drug-likeness (QED) is 0.497. The Morgan fingerprint density at radius 3 is 1.00 bits per heavy atom. The molecule has 3 radical (unpaired) electrons. The Balaban J connectivity index is 0. The van der Waals surface area contributed by atoms with Crippen LogP contribution in [0.25, 0.3) is 0 Å². The zero-order valence-electron chi connectivity index (χ0n) is 4.47. The van der Waals surface area contributed by atoms with Crippen LogP contribution < -0.4 is 0 Å². The van der Waals surface area contributed by atoms with Crippen molar-refractivity contribution in [2.45, 2.75) is 0 Å². The monoisotopic (exact) mass is 379 g/mol. The van der Waals surface area contributed by atoms with E-state index in [9.17, 15) is 0 Å². The molecule has 0 rings (SSSR count). The van der Waals surface area contributed by atoms with Gasteiger partial charge in [-0.15, -0.1) is 0 Å². The molecule has 0 aromatic rings. The van der Waals surface area contributed by atoms with Crippen LogP contribution in [0, 0.1) is 0 Å². The van der Waals surface area contributed by atoms with E-state index in [1.54, 1.807) is 0 Å². The van der Waals surface area contributed by atoms with Crippen molar-refractivity contribution in [1.82, 2.24) is 0 Å². The smallest absolute Gasteiger partial charge is 2.00 e. The van der Waals surface area contributed by atoms with Gasteiger partial charge in [0.05, 0.1) is 0 Å². The van der Waals surface area contributed by atoms with Crippen LogP contribution in [0.2, 0.25) is 0 Å². The summed E-state index contributed by atoms with van der Waals surface area (Å²) in [5.74, 6) is 0. The molecule has 5 heavy (non-hydrogen) atoms. The molecule has 25 valence electrons. The normalized spacial score (nSPS) is 0. The van der Waals surface area contributed by atoms with E-state index in [4.69, 9.17) is 0 Å². The molecule has 0 aromatic carbocycles. The van der Waals surface area contributed by atoms with Crippen molar-refractivity contribution >= 4 is 71.7 Å². The van der Waals surface area contributed by atoms with Crippen molar-refractivity contribution in [3.05, 3.63) is 0 Å².